The van der Waals surface area contributed by atoms with Gasteiger partial charge in [0.25, 0.3) is 0 Å². The van der Waals surface area contributed by atoms with Crippen molar-refractivity contribution in [2.24, 2.45) is 16.1 Å². The van der Waals surface area contributed by atoms with Crippen molar-refractivity contribution in [3.8, 4) is 0 Å². The van der Waals surface area contributed by atoms with Gasteiger partial charge in [0.05, 0.1) is 22.0 Å². The normalized spacial score (nSPS) is 12.6. The quantitative estimate of drug-likeness (QED) is 0.144. The Labute approximate surface area is 182 Å². The molecule has 0 aliphatic heterocycles. The molecular weight excluding hydrogens is 420 g/mol. The SMILES string of the molecule is C=CC(=O)OCCSc1cc(S(=O)(=O)C[C@H](C)CC)ccc1N=Nc1ccccc1. The molecule has 2 aromatic rings. The standard InChI is InChI=1S/C22H26N2O4S2/c1-4-17(3)16-30(26,27)19-11-12-20(24-23-18-9-7-6-8-10-18)21(15-19)29-14-13-28-22(25)5-2/h5-12,15,17H,2,4,13-14,16H2,1,3H3/t17-/m1/s1. The van der Waals surface area contributed by atoms with E-state index in [9.17, 15) is 13.2 Å². The smallest absolute Gasteiger partial charge is 0.330 e. The van der Waals surface area contributed by atoms with E-state index in [1.54, 1.807) is 18.2 Å². The molecule has 2 rings (SSSR count). The van der Waals surface area contributed by atoms with Crippen LogP contribution in [0.4, 0.5) is 11.4 Å². The molecule has 0 fully saturated rings. The topological polar surface area (TPSA) is 85.2 Å². The largest absolute Gasteiger partial charge is 0.462 e. The van der Waals surface area contributed by atoms with Gasteiger partial charge in [0, 0.05) is 16.7 Å². The summed E-state index contributed by atoms with van der Waals surface area (Å²) in [6.07, 6.45) is 1.89. The third-order valence-electron chi connectivity index (χ3n) is 4.27. The molecule has 0 unspecified atom stereocenters. The van der Waals surface area contributed by atoms with Crippen LogP contribution < -0.4 is 0 Å². The minimum atomic E-state index is -3.41. The van der Waals surface area contributed by atoms with E-state index in [1.165, 1.54) is 11.8 Å². The zero-order chi connectivity index (χ0) is 22.0. The van der Waals surface area contributed by atoms with Crippen molar-refractivity contribution in [2.45, 2.75) is 30.1 Å². The van der Waals surface area contributed by atoms with Gasteiger partial charge in [0.15, 0.2) is 9.84 Å². The molecular formula is C22H26N2O4S2. The van der Waals surface area contributed by atoms with Gasteiger partial charge in [-0.25, -0.2) is 13.2 Å². The molecule has 0 N–H and O–H groups in total. The fraction of sp³-hybridized carbons (Fsp3) is 0.318. The molecule has 0 aliphatic rings. The van der Waals surface area contributed by atoms with Gasteiger partial charge in [-0.1, -0.05) is 45.0 Å². The van der Waals surface area contributed by atoms with Gasteiger partial charge >= 0.3 is 5.97 Å². The summed E-state index contributed by atoms with van der Waals surface area (Å²) in [5.41, 5.74) is 1.25. The second kappa shape index (κ2) is 11.7. The zero-order valence-corrected chi connectivity index (χ0v) is 18.8. The van der Waals surface area contributed by atoms with Crippen molar-refractivity contribution < 1.29 is 17.9 Å². The van der Waals surface area contributed by atoms with E-state index in [0.717, 1.165) is 12.5 Å². The Morgan fingerprint density at radius 3 is 2.60 bits per heavy atom. The Morgan fingerprint density at radius 1 is 1.20 bits per heavy atom. The number of ether oxygens (including phenoxy) is 1. The van der Waals surface area contributed by atoms with Crippen molar-refractivity contribution >= 4 is 38.9 Å². The lowest BCUT2D eigenvalue weighted by Crippen LogP contribution is -2.13. The number of esters is 1. The second-order valence-corrected chi connectivity index (χ2v) is 9.85. The molecule has 0 saturated carbocycles. The Balaban J connectivity index is 2.27. The van der Waals surface area contributed by atoms with Crippen molar-refractivity contribution in [1.82, 2.24) is 0 Å². The van der Waals surface area contributed by atoms with Crippen LogP contribution in [-0.2, 0) is 19.4 Å². The van der Waals surface area contributed by atoms with Gasteiger partial charge in [0.2, 0.25) is 0 Å². The number of sulfone groups is 1. The Bertz CT molecular complexity index is 989. The number of carbonyl (C=O) groups is 1. The van der Waals surface area contributed by atoms with Gasteiger partial charge in [0.1, 0.15) is 6.61 Å². The number of azo groups is 1. The molecule has 8 heteroatoms. The first-order valence-electron chi connectivity index (χ1n) is 9.61. The third-order valence-corrected chi connectivity index (χ3v) is 7.26. The highest BCUT2D eigenvalue weighted by Crippen LogP contribution is 2.34. The van der Waals surface area contributed by atoms with Crippen LogP contribution in [0.25, 0.3) is 0 Å². The summed E-state index contributed by atoms with van der Waals surface area (Å²) in [7, 11) is -3.41. The average molecular weight is 447 g/mol. The van der Waals surface area contributed by atoms with E-state index in [-0.39, 0.29) is 23.2 Å². The highest BCUT2D eigenvalue weighted by atomic mass is 32.2. The lowest BCUT2D eigenvalue weighted by molar-refractivity contribution is -0.137. The highest BCUT2D eigenvalue weighted by Gasteiger charge is 2.19. The van der Waals surface area contributed by atoms with Crippen molar-refractivity contribution in [1.29, 1.82) is 0 Å². The molecule has 0 bridgehead atoms. The summed E-state index contributed by atoms with van der Waals surface area (Å²) < 4.78 is 30.5. The number of carbonyl (C=O) groups excluding carboxylic acids is 1. The molecule has 0 radical (unpaired) electrons. The van der Waals surface area contributed by atoms with E-state index >= 15 is 0 Å². The van der Waals surface area contributed by atoms with Gasteiger partial charge in [-0.05, 0) is 36.2 Å². The van der Waals surface area contributed by atoms with Crippen LogP contribution in [0, 0.1) is 5.92 Å². The maximum atomic E-state index is 12.8. The van der Waals surface area contributed by atoms with Gasteiger partial charge in [-0.3, -0.25) is 0 Å². The van der Waals surface area contributed by atoms with Crippen LogP contribution in [0.15, 0.2) is 81.2 Å². The maximum absolute atomic E-state index is 12.8. The molecule has 0 amide bonds. The number of hydrogen-bond donors (Lipinski definition) is 0. The lowest BCUT2D eigenvalue weighted by atomic mass is 10.2. The van der Waals surface area contributed by atoms with E-state index in [1.807, 2.05) is 44.2 Å². The third kappa shape index (κ3) is 7.42. The Morgan fingerprint density at radius 2 is 1.93 bits per heavy atom. The summed E-state index contributed by atoms with van der Waals surface area (Å²) >= 11 is 1.36. The minimum Gasteiger partial charge on any atom is -0.462 e. The van der Waals surface area contributed by atoms with Gasteiger partial charge < -0.3 is 4.74 Å². The van der Waals surface area contributed by atoms with E-state index < -0.39 is 15.8 Å². The van der Waals surface area contributed by atoms with Crippen molar-refractivity contribution in [3.05, 3.63) is 61.2 Å². The summed E-state index contributed by atoms with van der Waals surface area (Å²) in [6.45, 7) is 7.43. The fourth-order valence-electron chi connectivity index (χ4n) is 2.43. The van der Waals surface area contributed by atoms with Crippen LogP contribution in [0.3, 0.4) is 0 Å². The fourth-order valence-corrected chi connectivity index (χ4v) is 5.11. The monoisotopic (exact) mass is 446 g/mol. The highest BCUT2D eigenvalue weighted by molar-refractivity contribution is 7.99. The molecule has 30 heavy (non-hydrogen) atoms. The molecule has 0 heterocycles. The molecule has 2 aromatic carbocycles. The summed E-state index contributed by atoms with van der Waals surface area (Å²) in [4.78, 5) is 12.1. The molecule has 0 aliphatic carbocycles. The number of rotatable bonds is 11. The first-order chi connectivity index (χ1) is 14.4. The maximum Gasteiger partial charge on any atom is 0.330 e. The number of hydrogen-bond acceptors (Lipinski definition) is 7. The number of benzene rings is 2. The predicted molar refractivity (Wildman–Crippen MR) is 120 cm³/mol. The lowest BCUT2D eigenvalue weighted by Gasteiger charge is -2.12. The summed E-state index contributed by atoms with van der Waals surface area (Å²) in [5, 5.41) is 8.52. The van der Waals surface area contributed by atoms with E-state index in [4.69, 9.17) is 4.74 Å². The van der Waals surface area contributed by atoms with Crippen LogP contribution in [0.5, 0.6) is 0 Å². The molecule has 0 saturated heterocycles. The molecule has 6 nitrogen and oxygen atoms in total. The Hall–Kier alpha value is -2.45. The van der Waals surface area contributed by atoms with E-state index in [0.29, 0.717) is 22.0 Å². The zero-order valence-electron chi connectivity index (χ0n) is 17.2. The number of thioether (sulfide) groups is 1. The average Bonchev–Trinajstić information content (AvgIpc) is 2.75. The summed E-state index contributed by atoms with van der Waals surface area (Å²) in [5.74, 6) is 0.115. The first kappa shape index (κ1) is 23.8. The second-order valence-electron chi connectivity index (χ2n) is 6.68. The van der Waals surface area contributed by atoms with Crippen LogP contribution in [-0.4, -0.2) is 32.5 Å². The molecule has 0 aromatic heterocycles. The predicted octanol–water partition coefficient (Wildman–Crippen LogP) is 5.74. The molecule has 160 valence electrons. The van der Waals surface area contributed by atoms with Crippen molar-refractivity contribution in [3.63, 3.8) is 0 Å². The minimum absolute atomic E-state index is 0.0712. The summed E-state index contributed by atoms with van der Waals surface area (Å²) in [6, 6.07) is 14.1. The molecule has 0 spiro atoms. The van der Waals surface area contributed by atoms with Crippen LogP contribution in [0.1, 0.15) is 20.3 Å². The van der Waals surface area contributed by atoms with E-state index in [2.05, 4.69) is 16.8 Å². The Kier molecular flexibility index (Phi) is 9.26. The number of nitrogens with zero attached hydrogens (tertiary/aromatic N) is 2. The first-order valence-corrected chi connectivity index (χ1v) is 12.2. The van der Waals surface area contributed by atoms with Gasteiger partial charge in [-0.15, -0.1) is 16.9 Å². The molecule has 1 atom stereocenters. The van der Waals surface area contributed by atoms with Crippen LogP contribution >= 0.6 is 11.8 Å². The van der Waals surface area contributed by atoms with Crippen molar-refractivity contribution in [2.75, 3.05) is 18.1 Å². The van der Waals surface area contributed by atoms with Gasteiger partial charge in [-0.2, -0.15) is 5.11 Å². The van der Waals surface area contributed by atoms with Crippen LogP contribution in [0.2, 0.25) is 0 Å².